The highest BCUT2D eigenvalue weighted by atomic mass is 35.5. The molecule has 146 valence electrons. The van der Waals surface area contributed by atoms with E-state index in [1.165, 1.54) is 29.3 Å². The van der Waals surface area contributed by atoms with Crippen molar-refractivity contribution >= 4 is 29.1 Å². The monoisotopic (exact) mass is 402 g/mol. The SMILES string of the molecule is Cc1cc(Cl)c(CCO)cc1NC(=O)N1C=CC(=O)CC1c1ccc(F)cc1. The van der Waals surface area contributed by atoms with Crippen LogP contribution in [0.25, 0.3) is 0 Å². The Balaban J connectivity index is 1.87. The van der Waals surface area contributed by atoms with Crippen molar-refractivity contribution in [3.63, 3.8) is 0 Å². The number of ketones is 1. The van der Waals surface area contributed by atoms with Crippen LogP contribution in [0.5, 0.6) is 0 Å². The zero-order chi connectivity index (χ0) is 20.3. The first-order chi connectivity index (χ1) is 13.4. The zero-order valence-corrected chi connectivity index (χ0v) is 16.0. The van der Waals surface area contributed by atoms with Crippen molar-refractivity contribution in [1.29, 1.82) is 0 Å². The fraction of sp³-hybridized carbons (Fsp3) is 0.238. The van der Waals surface area contributed by atoms with E-state index in [4.69, 9.17) is 11.6 Å². The largest absolute Gasteiger partial charge is 0.396 e. The van der Waals surface area contributed by atoms with Crippen LogP contribution in [0.1, 0.15) is 29.2 Å². The van der Waals surface area contributed by atoms with Gasteiger partial charge < -0.3 is 10.4 Å². The highest BCUT2D eigenvalue weighted by molar-refractivity contribution is 6.31. The molecule has 1 unspecified atom stereocenters. The molecule has 0 aromatic heterocycles. The van der Waals surface area contributed by atoms with Gasteiger partial charge in [0.2, 0.25) is 0 Å². The highest BCUT2D eigenvalue weighted by Crippen LogP contribution is 2.31. The molecule has 1 aliphatic heterocycles. The van der Waals surface area contributed by atoms with Crippen molar-refractivity contribution in [2.45, 2.75) is 25.8 Å². The van der Waals surface area contributed by atoms with Gasteiger partial charge in [-0.15, -0.1) is 0 Å². The molecule has 0 spiro atoms. The van der Waals surface area contributed by atoms with Gasteiger partial charge in [0, 0.05) is 29.9 Å². The van der Waals surface area contributed by atoms with Gasteiger partial charge >= 0.3 is 6.03 Å². The second-order valence-electron chi connectivity index (χ2n) is 6.62. The quantitative estimate of drug-likeness (QED) is 0.797. The average molecular weight is 403 g/mol. The molecular formula is C21H20ClFN2O3. The Morgan fingerprint density at radius 2 is 2.04 bits per heavy atom. The van der Waals surface area contributed by atoms with Gasteiger partial charge in [-0.25, -0.2) is 9.18 Å². The van der Waals surface area contributed by atoms with Gasteiger partial charge in [-0.3, -0.25) is 9.69 Å². The summed E-state index contributed by atoms with van der Waals surface area (Å²) in [6.45, 7) is 1.76. The van der Waals surface area contributed by atoms with E-state index >= 15 is 0 Å². The molecule has 1 heterocycles. The Kier molecular flexibility index (Phi) is 6.11. The number of carbonyl (C=O) groups excluding carboxylic acids is 2. The van der Waals surface area contributed by atoms with E-state index in [1.54, 1.807) is 24.3 Å². The second kappa shape index (κ2) is 8.54. The molecule has 2 N–H and O–H groups in total. The molecule has 0 fully saturated rings. The average Bonchev–Trinajstić information content (AvgIpc) is 2.66. The number of benzene rings is 2. The van der Waals surface area contributed by atoms with Gasteiger partial charge in [0.05, 0.1) is 6.04 Å². The minimum Gasteiger partial charge on any atom is -0.396 e. The van der Waals surface area contributed by atoms with Crippen molar-refractivity contribution in [1.82, 2.24) is 4.90 Å². The number of aliphatic hydroxyl groups is 1. The molecule has 0 saturated heterocycles. The molecule has 2 aromatic carbocycles. The van der Waals surface area contributed by atoms with Crippen LogP contribution in [0.15, 0.2) is 48.7 Å². The Hall–Kier alpha value is -2.70. The molecule has 5 nitrogen and oxygen atoms in total. The van der Waals surface area contributed by atoms with Crippen molar-refractivity contribution in [3.8, 4) is 0 Å². The van der Waals surface area contributed by atoms with Gasteiger partial charge in [0.15, 0.2) is 5.78 Å². The van der Waals surface area contributed by atoms with Gasteiger partial charge in [0.25, 0.3) is 0 Å². The van der Waals surface area contributed by atoms with Crippen LogP contribution in [0.3, 0.4) is 0 Å². The molecule has 7 heteroatoms. The third kappa shape index (κ3) is 4.40. The van der Waals surface area contributed by atoms with Crippen LogP contribution in [0.4, 0.5) is 14.9 Å². The summed E-state index contributed by atoms with van der Waals surface area (Å²) in [6, 6.07) is 8.27. The molecule has 2 aromatic rings. The van der Waals surface area contributed by atoms with E-state index in [1.807, 2.05) is 6.92 Å². The molecule has 1 atom stereocenters. The molecule has 0 radical (unpaired) electrons. The first-order valence-corrected chi connectivity index (χ1v) is 9.22. The second-order valence-corrected chi connectivity index (χ2v) is 7.03. The van der Waals surface area contributed by atoms with Gasteiger partial charge in [-0.1, -0.05) is 23.7 Å². The number of anilines is 1. The maximum absolute atomic E-state index is 13.2. The lowest BCUT2D eigenvalue weighted by Crippen LogP contribution is -2.37. The summed E-state index contributed by atoms with van der Waals surface area (Å²) in [5, 5.41) is 12.5. The molecule has 0 saturated carbocycles. The number of aryl methyl sites for hydroxylation is 1. The number of hydrogen-bond donors (Lipinski definition) is 2. The summed E-state index contributed by atoms with van der Waals surface area (Å²) in [5.74, 6) is -0.489. The maximum Gasteiger partial charge on any atom is 0.326 e. The lowest BCUT2D eigenvalue weighted by atomic mass is 9.97. The minimum atomic E-state index is -0.525. The normalized spacial score (nSPS) is 16.4. The predicted molar refractivity (Wildman–Crippen MR) is 106 cm³/mol. The van der Waals surface area contributed by atoms with Crippen LogP contribution in [0.2, 0.25) is 5.02 Å². The topological polar surface area (TPSA) is 69.6 Å². The number of nitrogens with one attached hydrogen (secondary N) is 1. The summed E-state index contributed by atoms with van der Waals surface area (Å²) in [5.41, 5.74) is 2.74. The number of rotatable bonds is 4. The number of urea groups is 1. The van der Waals surface area contributed by atoms with Gasteiger partial charge in [-0.2, -0.15) is 0 Å². The molecule has 2 amide bonds. The summed E-state index contributed by atoms with van der Waals surface area (Å²) >= 11 is 6.18. The summed E-state index contributed by atoms with van der Waals surface area (Å²) in [4.78, 5) is 26.2. The third-order valence-electron chi connectivity index (χ3n) is 4.66. The van der Waals surface area contributed by atoms with E-state index in [-0.39, 0.29) is 24.6 Å². The van der Waals surface area contributed by atoms with Crippen molar-refractivity contribution in [2.24, 2.45) is 0 Å². The van der Waals surface area contributed by atoms with Gasteiger partial charge in [0.1, 0.15) is 5.82 Å². The molecule has 28 heavy (non-hydrogen) atoms. The number of aliphatic hydroxyl groups excluding tert-OH is 1. The van der Waals surface area contributed by atoms with Crippen molar-refractivity contribution < 1.29 is 19.1 Å². The number of nitrogens with zero attached hydrogens (tertiary/aromatic N) is 1. The smallest absolute Gasteiger partial charge is 0.326 e. The van der Waals surface area contributed by atoms with Crippen LogP contribution in [-0.2, 0) is 11.2 Å². The molecule has 1 aliphatic rings. The number of carbonyl (C=O) groups is 2. The first-order valence-electron chi connectivity index (χ1n) is 8.84. The Labute approximate surface area is 167 Å². The minimum absolute atomic E-state index is 0.0558. The van der Waals surface area contributed by atoms with Gasteiger partial charge in [-0.05, 0) is 60.4 Å². The van der Waals surface area contributed by atoms with E-state index in [0.29, 0.717) is 22.7 Å². The predicted octanol–water partition coefficient (Wildman–Crippen LogP) is 4.38. The Bertz CT molecular complexity index is 928. The Morgan fingerprint density at radius 1 is 1.32 bits per heavy atom. The van der Waals surface area contributed by atoms with E-state index < -0.39 is 12.1 Å². The van der Waals surface area contributed by atoms with E-state index in [9.17, 15) is 19.1 Å². The summed E-state index contributed by atoms with van der Waals surface area (Å²) in [7, 11) is 0. The summed E-state index contributed by atoms with van der Waals surface area (Å²) in [6.07, 6.45) is 3.28. The lowest BCUT2D eigenvalue weighted by molar-refractivity contribution is -0.116. The van der Waals surface area contributed by atoms with Crippen LogP contribution in [0, 0.1) is 12.7 Å². The summed E-state index contributed by atoms with van der Waals surface area (Å²) < 4.78 is 13.2. The number of amides is 2. The Morgan fingerprint density at radius 3 is 2.71 bits per heavy atom. The maximum atomic E-state index is 13.2. The number of hydrogen-bond acceptors (Lipinski definition) is 3. The highest BCUT2D eigenvalue weighted by Gasteiger charge is 2.29. The molecule has 0 aliphatic carbocycles. The molecule has 3 rings (SSSR count). The number of allylic oxidation sites excluding steroid dienone is 1. The van der Waals surface area contributed by atoms with Crippen LogP contribution < -0.4 is 5.32 Å². The van der Waals surface area contributed by atoms with E-state index in [2.05, 4.69) is 5.32 Å². The fourth-order valence-electron chi connectivity index (χ4n) is 3.14. The third-order valence-corrected chi connectivity index (χ3v) is 5.01. The lowest BCUT2D eigenvalue weighted by Gasteiger charge is -2.31. The molecular weight excluding hydrogens is 383 g/mol. The van der Waals surface area contributed by atoms with Crippen molar-refractivity contribution in [3.05, 3.63) is 76.2 Å². The van der Waals surface area contributed by atoms with E-state index in [0.717, 1.165) is 11.1 Å². The van der Waals surface area contributed by atoms with Crippen LogP contribution in [-0.4, -0.2) is 28.4 Å². The fourth-order valence-corrected chi connectivity index (χ4v) is 3.45. The standard InChI is InChI=1S/C21H20ClFN2O3/c1-13-10-18(22)15(7-9-26)11-19(13)24-21(28)25-8-6-17(27)12-20(25)14-2-4-16(23)5-3-14/h2-6,8,10-11,20,26H,7,9,12H2,1H3,(H,24,28). The van der Waals surface area contributed by atoms with Crippen LogP contribution >= 0.6 is 11.6 Å². The molecule has 0 bridgehead atoms. The first kappa shape index (κ1) is 20.0. The van der Waals surface area contributed by atoms with Crippen molar-refractivity contribution in [2.75, 3.05) is 11.9 Å². The number of halogens is 2. The zero-order valence-electron chi connectivity index (χ0n) is 15.3.